The maximum Gasteiger partial charge on any atom is 0.103 e. The van der Waals surface area contributed by atoms with E-state index in [0.29, 0.717) is 5.01 Å². The van der Waals surface area contributed by atoms with Crippen molar-refractivity contribution in [3.8, 4) is 0 Å². The average molecular weight is 321 g/mol. The van der Waals surface area contributed by atoms with Gasteiger partial charge in [0.05, 0.1) is 16.1 Å². The molecule has 112 valence electrons. The number of carbonyl (C=O) groups is 2. The molecule has 2 rings (SSSR count). The number of carboxylic acids is 1. The van der Waals surface area contributed by atoms with Gasteiger partial charge in [0.15, 0.2) is 0 Å². The Hall–Kier alpha value is -1.53. The van der Waals surface area contributed by atoms with Crippen LogP contribution in [0.5, 0.6) is 0 Å². The molecule has 2 aromatic rings. The maximum absolute atomic E-state index is 12.0. The van der Waals surface area contributed by atoms with Gasteiger partial charge in [-0.3, -0.25) is 0 Å². The molecule has 1 unspecified atom stereocenters. The van der Waals surface area contributed by atoms with Crippen LogP contribution in [0.3, 0.4) is 0 Å². The van der Waals surface area contributed by atoms with Gasteiger partial charge in [-0.2, -0.15) is 0 Å². The molecule has 0 N–H and O–H groups in total. The van der Waals surface area contributed by atoms with Gasteiger partial charge in [0, 0.05) is 16.5 Å². The van der Waals surface area contributed by atoms with Crippen LogP contribution in [0.1, 0.15) is 37.6 Å². The molecule has 1 atom stereocenters. The number of hydrogen-bond donors (Lipinski definition) is 0. The number of nitrogens with zero attached hydrogens (tertiary/aromatic N) is 1. The standard InChI is InChI=1S/C15H17NO3S2/c1-3-15(4-2,14(18)19)11(13(17)20)12-16-9-7-5-6-8-10(9)21-12/h5-8,11H,3-4H2,1-2H3,(H,17,20)(H,18,19)/p-2. The highest BCUT2D eigenvalue weighted by atomic mass is 32.1. The molecule has 0 fully saturated rings. The zero-order valence-corrected chi connectivity index (χ0v) is 13.4. The molecule has 1 heterocycles. The first-order chi connectivity index (χ1) is 9.96. The zero-order valence-electron chi connectivity index (χ0n) is 11.8. The van der Waals surface area contributed by atoms with E-state index in [1.54, 1.807) is 13.8 Å². The molecular weight excluding hydrogens is 306 g/mol. The summed E-state index contributed by atoms with van der Waals surface area (Å²) in [7, 11) is 0. The summed E-state index contributed by atoms with van der Waals surface area (Å²) in [5.41, 5.74) is -0.551. The second-order valence-corrected chi connectivity index (χ2v) is 6.39. The van der Waals surface area contributed by atoms with Crippen molar-refractivity contribution in [1.29, 1.82) is 0 Å². The van der Waals surface area contributed by atoms with Crippen molar-refractivity contribution in [1.82, 2.24) is 4.98 Å². The third kappa shape index (κ3) is 2.65. The molecule has 0 aliphatic carbocycles. The second-order valence-electron chi connectivity index (χ2n) is 4.92. The number of para-hydroxylation sites is 1. The summed E-state index contributed by atoms with van der Waals surface area (Å²) in [6.07, 6.45) is 0.545. The minimum Gasteiger partial charge on any atom is -0.741 e. The molecule has 0 saturated heterocycles. The van der Waals surface area contributed by atoms with Gasteiger partial charge < -0.3 is 27.3 Å². The van der Waals surface area contributed by atoms with Crippen molar-refractivity contribution in [2.24, 2.45) is 5.41 Å². The molecule has 4 nitrogen and oxygen atoms in total. The van der Waals surface area contributed by atoms with E-state index in [1.807, 2.05) is 24.3 Å². The smallest absolute Gasteiger partial charge is 0.103 e. The summed E-state index contributed by atoms with van der Waals surface area (Å²) < 4.78 is 0.910. The van der Waals surface area contributed by atoms with Gasteiger partial charge in [-0.05, 0) is 25.0 Å². The lowest BCUT2D eigenvalue weighted by Crippen LogP contribution is -2.47. The van der Waals surface area contributed by atoms with E-state index in [0.717, 1.165) is 10.2 Å². The molecule has 0 aliphatic heterocycles. The fourth-order valence-electron chi connectivity index (χ4n) is 2.64. The van der Waals surface area contributed by atoms with Gasteiger partial charge in [0.25, 0.3) is 0 Å². The van der Waals surface area contributed by atoms with E-state index in [2.05, 4.69) is 4.98 Å². The van der Waals surface area contributed by atoms with Crippen LogP contribution < -0.4 is 5.11 Å². The van der Waals surface area contributed by atoms with Crippen LogP contribution >= 0.6 is 11.3 Å². The lowest BCUT2D eigenvalue weighted by molar-refractivity contribution is -0.320. The summed E-state index contributed by atoms with van der Waals surface area (Å²) in [5, 5.41) is 11.6. The number of benzene rings is 1. The molecule has 0 saturated carbocycles. The summed E-state index contributed by atoms with van der Waals surface area (Å²) >= 11 is 6.14. The Morgan fingerprint density at radius 3 is 2.43 bits per heavy atom. The SMILES string of the molecule is CCC(CC)(C(=O)[O-])C(C(=O)[S-])c1nc2ccccc2s1. The monoisotopic (exact) mass is 321 g/mol. The summed E-state index contributed by atoms with van der Waals surface area (Å²) in [4.78, 5) is 28.1. The number of hydrogen-bond acceptors (Lipinski definition) is 6. The highest BCUT2D eigenvalue weighted by Gasteiger charge is 2.40. The maximum atomic E-state index is 12.0. The topological polar surface area (TPSA) is 70.1 Å². The summed E-state index contributed by atoms with van der Waals surface area (Å²) in [6.45, 7) is 3.47. The van der Waals surface area contributed by atoms with Gasteiger partial charge in [0.1, 0.15) is 5.01 Å². The number of aromatic nitrogens is 1. The van der Waals surface area contributed by atoms with E-state index < -0.39 is 22.4 Å². The summed E-state index contributed by atoms with van der Waals surface area (Å²) in [5.74, 6) is -2.18. The Morgan fingerprint density at radius 2 is 1.95 bits per heavy atom. The Labute approximate surface area is 132 Å². The molecule has 0 bridgehead atoms. The number of carbonyl (C=O) groups excluding carboxylic acids is 2. The first-order valence-corrected chi connectivity index (χ1v) is 7.96. The molecule has 0 radical (unpaired) electrons. The predicted molar refractivity (Wildman–Crippen MR) is 82.8 cm³/mol. The molecule has 0 amide bonds. The van der Waals surface area contributed by atoms with Gasteiger partial charge in [-0.15, -0.1) is 11.3 Å². The first kappa shape index (κ1) is 15.9. The molecule has 1 aromatic carbocycles. The van der Waals surface area contributed by atoms with Crippen LogP contribution in [0.15, 0.2) is 24.3 Å². The molecule has 6 heteroatoms. The van der Waals surface area contributed by atoms with Crippen LogP contribution in [-0.4, -0.2) is 16.1 Å². The van der Waals surface area contributed by atoms with E-state index in [-0.39, 0.29) is 12.8 Å². The van der Waals surface area contributed by atoms with Gasteiger partial charge >= 0.3 is 0 Å². The highest BCUT2D eigenvalue weighted by molar-refractivity contribution is 7.77. The number of aliphatic carboxylic acids is 1. The van der Waals surface area contributed by atoms with Gasteiger partial charge in [0.2, 0.25) is 0 Å². The van der Waals surface area contributed by atoms with Crippen molar-refractivity contribution in [3.05, 3.63) is 29.3 Å². The molecule has 0 aliphatic rings. The lowest BCUT2D eigenvalue weighted by Gasteiger charge is -2.40. The molecule has 0 spiro atoms. The summed E-state index contributed by atoms with van der Waals surface area (Å²) in [6, 6.07) is 7.45. The average Bonchev–Trinajstić information content (AvgIpc) is 2.86. The van der Waals surface area contributed by atoms with Crippen molar-refractivity contribution in [3.63, 3.8) is 0 Å². The van der Waals surface area contributed by atoms with Crippen LogP contribution in [-0.2, 0) is 22.2 Å². The largest absolute Gasteiger partial charge is 0.741 e. The Morgan fingerprint density at radius 1 is 1.33 bits per heavy atom. The van der Waals surface area contributed by atoms with Crippen molar-refractivity contribution < 1.29 is 14.7 Å². The van der Waals surface area contributed by atoms with Crippen LogP contribution in [0.4, 0.5) is 0 Å². The minimum atomic E-state index is -1.30. The number of rotatable bonds is 6. The Kier molecular flexibility index (Phi) is 4.58. The third-order valence-electron chi connectivity index (χ3n) is 4.01. The van der Waals surface area contributed by atoms with E-state index >= 15 is 0 Å². The third-order valence-corrected chi connectivity index (χ3v) is 5.35. The molecular formula is C15H15NO3S2-2. The van der Waals surface area contributed by atoms with Crippen LogP contribution in [0.2, 0.25) is 0 Å². The van der Waals surface area contributed by atoms with E-state index in [4.69, 9.17) is 12.6 Å². The van der Waals surface area contributed by atoms with Crippen molar-refractivity contribution in [2.75, 3.05) is 0 Å². The fourth-order valence-corrected chi connectivity index (χ4v) is 4.24. The number of carboxylic acid groups (broad SMARTS) is 1. The zero-order chi connectivity index (χ0) is 15.6. The quantitative estimate of drug-likeness (QED) is 0.761. The normalized spacial score (nSPS) is 13.2. The number of fused-ring (bicyclic) bond motifs is 1. The van der Waals surface area contributed by atoms with Crippen LogP contribution in [0.25, 0.3) is 10.2 Å². The molecule has 21 heavy (non-hydrogen) atoms. The Bertz CT molecular complexity index is 643. The minimum absolute atomic E-state index is 0.273. The molecule has 1 aromatic heterocycles. The first-order valence-electron chi connectivity index (χ1n) is 6.74. The second kappa shape index (κ2) is 6.07. The van der Waals surface area contributed by atoms with Crippen LogP contribution in [0, 0.1) is 5.41 Å². The lowest BCUT2D eigenvalue weighted by atomic mass is 9.72. The predicted octanol–water partition coefficient (Wildman–Crippen LogP) is 2.01. The number of thiazole rings is 1. The highest BCUT2D eigenvalue weighted by Crippen LogP contribution is 2.44. The van der Waals surface area contributed by atoms with E-state index in [1.165, 1.54) is 11.3 Å². The van der Waals surface area contributed by atoms with E-state index in [9.17, 15) is 14.7 Å². The fraction of sp³-hybridized carbons (Fsp3) is 0.400. The Balaban J connectivity index is 2.62. The van der Waals surface area contributed by atoms with Gasteiger partial charge in [-0.1, -0.05) is 26.0 Å². The van der Waals surface area contributed by atoms with Crippen molar-refractivity contribution >= 4 is 45.3 Å². The van der Waals surface area contributed by atoms with Crippen molar-refractivity contribution in [2.45, 2.75) is 32.6 Å². The van der Waals surface area contributed by atoms with Gasteiger partial charge in [-0.25, -0.2) is 4.98 Å².